The van der Waals surface area contributed by atoms with Crippen molar-refractivity contribution in [3.05, 3.63) is 23.7 Å². The molecular formula is C12H14N2O5. The molecule has 1 fully saturated rings. The highest BCUT2D eigenvalue weighted by molar-refractivity contribution is 6.02. The molecule has 2 amide bonds. The highest BCUT2D eigenvalue weighted by Crippen LogP contribution is 2.23. The first-order valence-electron chi connectivity index (χ1n) is 5.71. The molecule has 0 aliphatic carbocycles. The van der Waals surface area contributed by atoms with Crippen LogP contribution in [0.2, 0.25) is 0 Å². The highest BCUT2D eigenvalue weighted by Gasteiger charge is 2.41. The summed E-state index contributed by atoms with van der Waals surface area (Å²) in [6.07, 6.45) is 1.28. The van der Waals surface area contributed by atoms with E-state index in [0.29, 0.717) is 0 Å². The largest absolute Gasteiger partial charge is 0.478 e. The van der Waals surface area contributed by atoms with Gasteiger partial charge in [0.15, 0.2) is 0 Å². The first-order chi connectivity index (χ1) is 8.82. The number of nitrogens with one attached hydrogen (secondary N) is 1. The predicted molar refractivity (Wildman–Crippen MR) is 63.3 cm³/mol. The van der Waals surface area contributed by atoms with Gasteiger partial charge in [-0.2, -0.15) is 0 Å². The molecule has 0 spiro atoms. The summed E-state index contributed by atoms with van der Waals surface area (Å²) in [6, 6.07) is 1.34. The first-order valence-corrected chi connectivity index (χ1v) is 5.71. The number of aromatic carboxylic acids is 1. The number of imide groups is 1. The fourth-order valence-corrected chi connectivity index (χ4v) is 1.91. The van der Waals surface area contributed by atoms with Gasteiger partial charge in [-0.25, -0.2) is 4.79 Å². The van der Waals surface area contributed by atoms with Crippen molar-refractivity contribution in [1.29, 1.82) is 0 Å². The SMILES string of the molecule is CC1(C)C(=O)NC(=O)CN1Cc1occc1C(=O)O. The summed E-state index contributed by atoms with van der Waals surface area (Å²) >= 11 is 0. The van der Waals surface area contributed by atoms with Crippen LogP contribution in [0.5, 0.6) is 0 Å². The topological polar surface area (TPSA) is 99.9 Å². The van der Waals surface area contributed by atoms with Crippen LogP contribution in [0.25, 0.3) is 0 Å². The lowest BCUT2D eigenvalue weighted by Crippen LogP contribution is -2.63. The fourth-order valence-electron chi connectivity index (χ4n) is 1.91. The Kier molecular flexibility index (Phi) is 3.15. The average Bonchev–Trinajstić information content (AvgIpc) is 2.74. The number of rotatable bonds is 3. The molecule has 1 aliphatic rings. The average molecular weight is 266 g/mol. The van der Waals surface area contributed by atoms with E-state index in [1.165, 1.54) is 12.3 Å². The van der Waals surface area contributed by atoms with Crippen molar-refractivity contribution in [3.8, 4) is 0 Å². The van der Waals surface area contributed by atoms with E-state index in [1.807, 2.05) is 0 Å². The van der Waals surface area contributed by atoms with Crippen LogP contribution in [-0.4, -0.2) is 39.9 Å². The maximum Gasteiger partial charge on any atom is 0.339 e. The molecule has 1 saturated heterocycles. The van der Waals surface area contributed by atoms with E-state index in [1.54, 1.807) is 18.7 Å². The van der Waals surface area contributed by atoms with E-state index in [-0.39, 0.29) is 24.4 Å². The molecule has 7 heteroatoms. The number of hydrogen-bond donors (Lipinski definition) is 2. The lowest BCUT2D eigenvalue weighted by Gasteiger charge is -2.39. The monoisotopic (exact) mass is 266 g/mol. The van der Waals surface area contributed by atoms with Gasteiger partial charge >= 0.3 is 5.97 Å². The quantitative estimate of drug-likeness (QED) is 0.759. The second kappa shape index (κ2) is 4.51. The van der Waals surface area contributed by atoms with Crippen LogP contribution in [0.1, 0.15) is 30.0 Å². The number of hydrogen-bond acceptors (Lipinski definition) is 5. The molecule has 0 bridgehead atoms. The van der Waals surface area contributed by atoms with Crippen LogP contribution < -0.4 is 5.32 Å². The van der Waals surface area contributed by atoms with Crippen molar-refractivity contribution in [2.24, 2.45) is 0 Å². The zero-order chi connectivity index (χ0) is 14.2. The van der Waals surface area contributed by atoms with Gasteiger partial charge in [-0.3, -0.25) is 19.8 Å². The van der Waals surface area contributed by atoms with E-state index in [2.05, 4.69) is 5.32 Å². The van der Waals surface area contributed by atoms with Gasteiger partial charge in [-0.1, -0.05) is 0 Å². The number of piperazine rings is 1. The van der Waals surface area contributed by atoms with Gasteiger partial charge in [0.25, 0.3) is 0 Å². The molecule has 0 radical (unpaired) electrons. The van der Waals surface area contributed by atoms with Crippen LogP contribution in [0.4, 0.5) is 0 Å². The summed E-state index contributed by atoms with van der Waals surface area (Å²) in [5.74, 6) is -1.70. The Morgan fingerprint density at radius 1 is 1.53 bits per heavy atom. The molecule has 1 aromatic rings. The van der Waals surface area contributed by atoms with Crippen molar-refractivity contribution >= 4 is 17.8 Å². The Morgan fingerprint density at radius 2 is 2.21 bits per heavy atom. The van der Waals surface area contributed by atoms with Crippen molar-refractivity contribution in [1.82, 2.24) is 10.2 Å². The maximum absolute atomic E-state index is 11.8. The van der Waals surface area contributed by atoms with Crippen LogP contribution >= 0.6 is 0 Å². The Bertz CT molecular complexity index is 546. The third-order valence-corrected chi connectivity index (χ3v) is 3.24. The number of carbonyl (C=O) groups is 3. The number of carboxylic acids is 1. The van der Waals surface area contributed by atoms with E-state index < -0.39 is 23.3 Å². The summed E-state index contributed by atoms with van der Waals surface area (Å²) in [4.78, 5) is 35.7. The van der Waals surface area contributed by atoms with E-state index in [9.17, 15) is 14.4 Å². The summed E-state index contributed by atoms with van der Waals surface area (Å²) in [6.45, 7) is 3.43. The van der Waals surface area contributed by atoms with Crippen molar-refractivity contribution in [2.45, 2.75) is 25.9 Å². The van der Waals surface area contributed by atoms with E-state index in [0.717, 1.165) is 0 Å². The fraction of sp³-hybridized carbons (Fsp3) is 0.417. The molecule has 1 aliphatic heterocycles. The molecule has 2 rings (SSSR count). The standard InChI is InChI=1S/C12H14N2O5/c1-12(2)11(18)13-9(15)6-14(12)5-8-7(10(16)17)3-4-19-8/h3-4H,5-6H2,1-2H3,(H,16,17)(H,13,15,18). The Morgan fingerprint density at radius 3 is 2.84 bits per heavy atom. The number of carboxylic acid groups (broad SMARTS) is 1. The molecule has 0 saturated carbocycles. The number of nitrogens with zero attached hydrogens (tertiary/aromatic N) is 1. The lowest BCUT2D eigenvalue weighted by atomic mass is 9.98. The van der Waals surface area contributed by atoms with Crippen LogP contribution in [0.3, 0.4) is 0 Å². The summed E-state index contributed by atoms with van der Waals surface area (Å²) in [5, 5.41) is 11.2. The predicted octanol–water partition coefficient (Wildman–Crippen LogP) is 0.215. The molecule has 0 atom stereocenters. The Balaban J connectivity index is 2.26. The van der Waals surface area contributed by atoms with Gasteiger partial charge in [0.2, 0.25) is 11.8 Å². The van der Waals surface area contributed by atoms with Crippen molar-refractivity contribution in [2.75, 3.05) is 6.54 Å². The van der Waals surface area contributed by atoms with Gasteiger partial charge in [-0.05, 0) is 19.9 Å². The van der Waals surface area contributed by atoms with Crippen LogP contribution in [0.15, 0.2) is 16.7 Å². The highest BCUT2D eigenvalue weighted by atomic mass is 16.4. The molecule has 1 aromatic heterocycles. The second-order valence-corrected chi connectivity index (χ2v) is 4.85. The molecule has 0 aromatic carbocycles. The van der Waals surface area contributed by atoms with Gasteiger partial charge in [0, 0.05) is 0 Å². The molecule has 2 N–H and O–H groups in total. The molecular weight excluding hydrogens is 252 g/mol. The van der Waals surface area contributed by atoms with E-state index >= 15 is 0 Å². The zero-order valence-corrected chi connectivity index (χ0v) is 10.6. The minimum atomic E-state index is -1.10. The minimum absolute atomic E-state index is 0.0124. The molecule has 19 heavy (non-hydrogen) atoms. The third-order valence-electron chi connectivity index (χ3n) is 3.24. The number of furan rings is 1. The van der Waals surface area contributed by atoms with Gasteiger partial charge in [0.1, 0.15) is 11.3 Å². The normalized spacial score (nSPS) is 19.3. The summed E-state index contributed by atoms with van der Waals surface area (Å²) in [5.41, 5.74) is -0.870. The van der Waals surface area contributed by atoms with Crippen molar-refractivity contribution in [3.63, 3.8) is 0 Å². The third kappa shape index (κ3) is 2.37. The van der Waals surface area contributed by atoms with E-state index in [4.69, 9.17) is 9.52 Å². The summed E-state index contributed by atoms with van der Waals surface area (Å²) < 4.78 is 5.13. The van der Waals surface area contributed by atoms with Gasteiger partial charge in [-0.15, -0.1) is 0 Å². The first kappa shape index (κ1) is 13.3. The molecule has 0 unspecified atom stereocenters. The van der Waals surface area contributed by atoms with Crippen LogP contribution in [0, 0.1) is 0 Å². The summed E-state index contributed by atoms with van der Waals surface area (Å²) in [7, 11) is 0. The minimum Gasteiger partial charge on any atom is -0.478 e. The number of amides is 2. The van der Waals surface area contributed by atoms with Crippen molar-refractivity contribution < 1.29 is 23.9 Å². The Hall–Kier alpha value is -2.15. The van der Waals surface area contributed by atoms with Crippen LogP contribution in [-0.2, 0) is 16.1 Å². The Labute approximate surface area is 109 Å². The lowest BCUT2D eigenvalue weighted by molar-refractivity contribution is -0.145. The molecule has 7 nitrogen and oxygen atoms in total. The second-order valence-electron chi connectivity index (χ2n) is 4.85. The smallest absolute Gasteiger partial charge is 0.339 e. The number of carbonyl (C=O) groups excluding carboxylic acids is 2. The molecule has 102 valence electrons. The van der Waals surface area contributed by atoms with Gasteiger partial charge in [0.05, 0.1) is 24.9 Å². The van der Waals surface area contributed by atoms with Gasteiger partial charge < -0.3 is 9.52 Å². The maximum atomic E-state index is 11.8. The zero-order valence-electron chi connectivity index (χ0n) is 10.6. The molecule has 2 heterocycles.